The van der Waals surface area contributed by atoms with Gasteiger partial charge in [0.2, 0.25) is 0 Å². The molecule has 8 unspecified atom stereocenters. The van der Waals surface area contributed by atoms with Crippen LogP contribution < -0.4 is 0 Å². The maximum absolute atomic E-state index is 10.2. The fourth-order valence-corrected chi connectivity index (χ4v) is 9.15. The van der Waals surface area contributed by atoms with Crippen molar-refractivity contribution in [3.05, 3.63) is 0 Å². The normalized spacial score (nSPS) is 43.2. The summed E-state index contributed by atoms with van der Waals surface area (Å²) in [5.41, 5.74) is 0.0362. The van der Waals surface area contributed by atoms with Crippen LogP contribution in [0.1, 0.15) is 129 Å². The Morgan fingerprint density at radius 1 is 0.733 bits per heavy atom. The monoisotopic (exact) mass is 411 g/mol. The highest BCUT2D eigenvalue weighted by molar-refractivity contribution is 5.07. The molecule has 0 N–H and O–H groups in total. The molecule has 0 spiro atoms. The van der Waals surface area contributed by atoms with Crippen molar-refractivity contribution in [2.24, 2.45) is 46.8 Å². The van der Waals surface area contributed by atoms with Crippen molar-refractivity contribution in [1.82, 2.24) is 0 Å². The molecule has 0 amide bonds. The number of fused-ring (bicyclic) bond motifs is 5. The first-order chi connectivity index (χ1) is 14.7. The van der Waals surface area contributed by atoms with Crippen molar-refractivity contribution in [3.63, 3.8) is 0 Å². The molecule has 4 rings (SSSR count). The van der Waals surface area contributed by atoms with E-state index in [2.05, 4.69) is 19.9 Å². The number of hydrogen-bond acceptors (Lipinski definition) is 1. The molecular weight excluding hydrogens is 362 g/mol. The summed E-state index contributed by atoms with van der Waals surface area (Å²) in [5.74, 6) is 7.11. The van der Waals surface area contributed by atoms with Gasteiger partial charge in [-0.1, -0.05) is 71.6 Å². The smallest absolute Gasteiger partial charge is 0.0689 e. The maximum Gasteiger partial charge on any atom is 0.0689 e. The van der Waals surface area contributed by atoms with E-state index in [1.165, 1.54) is 103 Å². The minimum Gasteiger partial charge on any atom is -0.198 e. The summed E-state index contributed by atoms with van der Waals surface area (Å²) in [7, 11) is 0. The Hall–Kier alpha value is -0.510. The second-order valence-electron chi connectivity index (χ2n) is 12.0. The lowest BCUT2D eigenvalue weighted by Crippen LogP contribution is -2.49. The zero-order valence-corrected chi connectivity index (χ0v) is 20.2. The molecule has 4 aliphatic carbocycles. The molecule has 0 saturated heterocycles. The van der Waals surface area contributed by atoms with Crippen LogP contribution in [0.5, 0.6) is 0 Å². The van der Waals surface area contributed by atoms with E-state index in [9.17, 15) is 5.26 Å². The molecule has 0 aromatic heterocycles. The van der Waals surface area contributed by atoms with Crippen molar-refractivity contribution < 1.29 is 0 Å². The molecule has 4 fully saturated rings. The van der Waals surface area contributed by atoms with Crippen LogP contribution in [-0.2, 0) is 0 Å². The van der Waals surface area contributed by atoms with Crippen LogP contribution in [0.25, 0.3) is 0 Å². The van der Waals surface area contributed by atoms with Crippen molar-refractivity contribution in [3.8, 4) is 6.07 Å². The number of unbranched alkanes of at least 4 members (excludes halogenated alkanes) is 4. The van der Waals surface area contributed by atoms with Crippen molar-refractivity contribution in [2.75, 3.05) is 0 Å². The molecule has 0 aromatic carbocycles. The van der Waals surface area contributed by atoms with E-state index < -0.39 is 0 Å². The van der Waals surface area contributed by atoms with Crippen LogP contribution in [0.15, 0.2) is 0 Å². The first-order valence-electron chi connectivity index (χ1n) is 14.1. The van der Waals surface area contributed by atoms with Gasteiger partial charge >= 0.3 is 0 Å². The largest absolute Gasteiger partial charge is 0.198 e. The minimum atomic E-state index is 0.0362. The second kappa shape index (κ2) is 10.4. The van der Waals surface area contributed by atoms with Crippen LogP contribution in [0.2, 0.25) is 0 Å². The zero-order valence-electron chi connectivity index (χ0n) is 20.2. The molecule has 0 aliphatic heterocycles. The number of rotatable bonds is 8. The topological polar surface area (TPSA) is 23.8 Å². The van der Waals surface area contributed by atoms with Gasteiger partial charge in [-0.25, -0.2) is 0 Å². The molecule has 170 valence electrons. The van der Waals surface area contributed by atoms with Gasteiger partial charge in [-0.05, 0) is 99.2 Å². The summed E-state index contributed by atoms with van der Waals surface area (Å²) < 4.78 is 0. The van der Waals surface area contributed by atoms with Gasteiger partial charge in [0.15, 0.2) is 0 Å². The third kappa shape index (κ3) is 4.64. The highest BCUT2D eigenvalue weighted by Gasteiger charge is 2.52. The Morgan fingerprint density at radius 2 is 1.47 bits per heavy atom. The van der Waals surface area contributed by atoms with E-state index in [-0.39, 0.29) is 5.41 Å². The second-order valence-corrected chi connectivity index (χ2v) is 12.0. The lowest BCUT2D eigenvalue weighted by molar-refractivity contribution is -0.0717. The number of nitriles is 1. The van der Waals surface area contributed by atoms with Gasteiger partial charge in [0.05, 0.1) is 11.5 Å². The van der Waals surface area contributed by atoms with E-state index in [1.54, 1.807) is 12.8 Å². The van der Waals surface area contributed by atoms with E-state index in [0.29, 0.717) is 0 Å². The zero-order chi connectivity index (χ0) is 21.0. The summed E-state index contributed by atoms with van der Waals surface area (Å²) in [6.07, 6.45) is 25.2. The summed E-state index contributed by atoms with van der Waals surface area (Å²) in [4.78, 5) is 0. The Balaban J connectivity index is 1.36. The van der Waals surface area contributed by atoms with Gasteiger partial charge < -0.3 is 0 Å². The van der Waals surface area contributed by atoms with Crippen molar-refractivity contribution >= 4 is 0 Å². The predicted octanol–water partition coefficient (Wildman–Crippen LogP) is 8.93. The third-order valence-corrected chi connectivity index (χ3v) is 10.5. The first kappa shape index (κ1) is 22.7. The van der Waals surface area contributed by atoms with Crippen LogP contribution in [0.4, 0.5) is 0 Å². The molecule has 4 aliphatic rings. The average Bonchev–Trinajstić information content (AvgIpc) is 2.78. The fourth-order valence-electron chi connectivity index (χ4n) is 9.15. The average molecular weight is 412 g/mol. The van der Waals surface area contributed by atoms with Gasteiger partial charge in [-0.15, -0.1) is 0 Å². The predicted molar refractivity (Wildman–Crippen MR) is 127 cm³/mol. The first-order valence-corrected chi connectivity index (χ1v) is 14.1. The van der Waals surface area contributed by atoms with Crippen molar-refractivity contribution in [1.29, 1.82) is 5.26 Å². The Bertz CT molecular complexity index is 573. The summed E-state index contributed by atoms with van der Waals surface area (Å²) >= 11 is 0. The molecule has 0 aromatic rings. The third-order valence-electron chi connectivity index (χ3n) is 10.5. The Kier molecular flexibility index (Phi) is 7.86. The fraction of sp³-hybridized carbons (Fsp3) is 0.966. The van der Waals surface area contributed by atoms with E-state index in [1.807, 2.05) is 0 Å². The molecule has 0 heterocycles. The molecule has 0 bridgehead atoms. The van der Waals surface area contributed by atoms with Crippen LogP contribution in [0, 0.1) is 58.2 Å². The van der Waals surface area contributed by atoms with Gasteiger partial charge in [-0.2, -0.15) is 5.26 Å². The highest BCUT2D eigenvalue weighted by Crippen LogP contribution is 2.60. The van der Waals surface area contributed by atoms with E-state index >= 15 is 0 Å². The molecule has 1 heteroatoms. The SMILES string of the molecule is CCCCCCCC1(C#N)CCC2C(CCC3C4CCCC(CCC)C4CCC23)C1. The standard InChI is InChI=1S/C29H49N/c1-3-5-6-7-8-18-29(21-30)19-17-25-23(20-29)13-14-28-26-12-9-11-22(10-4-2)24(26)15-16-27(25)28/h22-28H,3-20H2,1-2H3. The van der Waals surface area contributed by atoms with Crippen LogP contribution in [-0.4, -0.2) is 0 Å². The molecule has 8 atom stereocenters. The minimum absolute atomic E-state index is 0.0362. The molecule has 1 nitrogen and oxygen atoms in total. The molecule has 4 saturated carbocycles. The Morgan fingerprint density at radius 3 is 2.27 bits per heavy atom. The number of nitrogens with zero attached hydrogens (tertiary/aromatic N) is 1. The van der Waals surface area contributed by atoms with E-state index in [4.69, 9.17) is 0 Å². The molecule has 0 radical (unpaired) electrons. The van der Waals surface area contributed by atoms with Gasteiger partial charge in [-0.3, -0.25) is 0 Å². The highest BCUT2D eigenvalue weighted by atomic mass is 14.6. The van der Waals surface area contributed by atoms with Crippen LogP contribution >= 0.6 is 0 Å². The molecular formula is C29H49N. The number of hydrogen-bond donors (Lipinski definition) is 0. The summed E-state index contributed by atoms with van der Waals surface area (Å²) in [6.45, 7) is 4.69. The Labute approximate surface area is 187 Å². The van der Waals surface area contributed by atoms with Crippen molar-refractivity contribution in [2.45, 2.75) is 129 Å². The van der Waals surface area contributed by atoms with Gasteiger partial charge in [0, 0.05) is 0 Å². The maximum atomic E-state index is 10.2. The van der Waals surface area contributed by atoms with Gasteiger partial charge in [0.25, 0.3) is 0 Å². The van der Waals surface area contributed by atoms with Crippen LogP contribution in [0.3, 0.4) is 0 Å². The molecule has 30 heavy (non-hydrogen) atoms. The lowest BCUT2D eigenvalue weighted by Gasteiger charge is -2.57. The summed E-state index contributed by atoms with van der Waals surface area (Å²) in [6, 6.07) is 2.88. The quantitative estimate of drug-likeness (QED) is 0.366. The van der Waals surface area contributed by atoms with E-state index in [0.717, 1.165) is 41.4 Å². The lowest BCUT2D eigenvalue weighted by atomic mass is 9.48. The van der Waals surface area contributed by atoms with Gasteiger partial charge in [0.1, 0.15) is 0 Å². The summed E-state index contributed by atoms with van der Waals surface area (Å²) in [5, 5.41) is 10.2.